The Hall–Kier alpha value is -2.43. The summed E-state index contributed by atoms with van der Waals surface area (Å²) in [4.78, 5) is 36.2. The highest BCUT2D eigenvalue weighted by Gasteiger charge is 2.50. The van der Waals surface area contributed by atoms with Crippen LogP contribution < -0.4 is 0 Å². The molecule has 1 aromatic carbocycles. The first-order valence-corrected chi connectivity index (χ1v) is 9.75. The standard InChI is InChI=1S/C22H26O5/c1-2-3-5-10-16(23)11-12-17-18-13-21(24)26-20(18)14-19(17)27-22(25)15-8-6-4-7-9-15/h4,6-9,11-12,17-20H,2-3,5,10,13-14H2,1H3/b12-11+/t17?,18-,19-,20?/m1/s1. The molecule has 5 nitrogen and oxygen atoms in total. The van der Waals surface area contributed by atoms with Crippen LogP contribution >= 0.6 is 0 Å². The van der Waals surface area contributed by atoms with E-state index in [1.165, 1.54) is 0 Å². The molecular weight excluding hydrogens is 344 g/mol. The third-order valence-electron chi connectivity index (χ3n) is 5.35. The van der Waals surface area contributed by atoms with Crippen LogP contribution in [0.15, 0.2) is 42.5 Å². The van der Waals surface area contributed by atoms with Gasteiger partial charge >= 0.3 is 11.9 Å². The number of carbonyl (C=O) groups is 3. The number of allylic oxidation sites excluding steroid dienone is 1. The highest BCUT2D eigenvalue weighted by atomic mass is 16.6. The molecule has 1 saturated heterocycles. The lowest BCUT2D eigenvalue weighted by Crippen LogP contribution is -2.24. The fourth-order valence-corrected chi connectivity index (χ4v) is 3.92. The van der Waals surface area contributed by atoms with Crippen molar-refractivity contribution < 1.29 is 23.9 Å². The number of hydrogen-bond acceptors (Lipinski definition) is 5. The Kier molecular flexibility index (Phi) is 6.43. The van der Waals surface area contributed by atoms with E-state index in [0.717, 1.165) is 19.3 Å². The molecule has 1 heterocycles. The minimum atomic E-state index is -0.389. The van der Waals surface area contributed by atoms with E-state index in [2.05, 4.69) is 6.92 Å². The van der Waals surface area contributed by atoms with Crippen molar-refractivity contribution in [1.29, 1.82) is 0 Å². The largest absolute Gasteiger partial charge is 0.462 e. The lowest BCUT2D eigenvalue weighted by Gasteiger charge is -2.20. The fraction of sp³-hybridized carbons (Fsp3) is 0.500. The molecule has 4 atom stereocenters. The number of carbonyl (C=O) groups excluding carboxylic acids is 3. The number of ether oxygens (including phenoxy) is 2. The van der Waals surface area contributed by atoms with Crippen molar-refractivity contribution in [2.24, 2.45) is 11.8 Å². The highest BCUT2D eigenvalue weighted by molar-refractivity contribution is 5.90. The van der Waals surface area contributed by atoms with Gasteiger partial charge in [-0.05, 0) is 24.6 Å². The SMILES string of the molecule is CCCCCC(=O)/C=C/C1[C@H]2CC(=O)OC2C[C@H]1OC(=O)c1ccccc1. The molecule has 0 aromatic heterocycles. The number of rotatable bonds is 8. The van der Waals surface area contributed by atoms with E-state index in [-0.39, 0.29) is 41.8 Å². The predicted octanol–water partition coefficient (Wildman–Crippen LogP) is 3.87. The number of unbranched alkanes of at least 4 members (excludes halogenated alkanes) is 2. The zero-order valence-corrected chi connectivity index (χ0v) is 15.6. The average Bonchev–Trinajstić information content (AvgIpc) is 3.16. The van der Waals surface area contributed by atoms with Crippen LogP contribution in [-0.2, 0) is 19.1 Å². The molecule has 0 N–H and O–H groups in total. The maximum atomic E-state index is 12.4. The van der Waals surface area contributed by atoms with Crippen molar-refractivity contribution in [3.05, 3.63) is 48.0 Å². The molecule has 1 aliphatic carbocycles. The van der Waals surface area contributed by atoms with Crippen molar-refractivity contribution in [3.63, 3.8) is 0 Å². The van der Waals surface area contributed by atoms with Gasteiger partial charge in [-0.2, -0.15) is 0 Å². The van der Waals surface area contributed by atoms with E-state index in [4.69, 9.17) is 9.47 Å². The van der Waals surface area contributed by atoms with E-state index < -0.39 is 0 Å². The lowest BCUT2D eigenvalue weighted by atomic mass is 9.91. The summed E-state index contributed by atoms with van der Waals surface area (Å²) in [6, 6.07) is 8.83. The maximum absolute atomic E-state index is 12.4. The molecule has 27 heavy (non-hydrogen) atoms. The van der Waals surface area contributed by atoms with Crippen molar-refractivity contribution in [1.82, 2.24) is 0 Å². The van der Waals surface area contributed by atoms with Gasteiger partial charge in [0.1, 0.15) is 12.2 Å². The Morgan fingerprint density at radius 2 is 2.00 bits per heavy atom. The first kappa shape index (κ1) is 19.3. The van der Waals surface area contributed by atoms with Crippen LogP contribution in [0.25, 0.3) is 0 Å². The molecule has 0 bridgehead atoms. The smallest absolute Gasteiger partial charge is 0.338 e. The molecule has 3 rings (SSSR count). The minimum Gasteiger partial charge on any atom is -0.462 e. The summed E-state index contributed by atoms with van der Waals surface area (Å²) in [6.45, 7) is 2.10. The summed E-state index contributed by atoms with van der Waals surface area (Å²) >= 11 is 0. The van der Waals surface area contributed by atoms with Crippen molar-refractivity contribution >= 4 is 17.7 Å². The molecule has 0 amide bonds. The molecule has 2 unspecified atom stereocenters. The van der Waals surface area contributed by atoms with Gasteiger partial charge in [0, 0.05) is 24.7 Å². The number of esters is 2. The summed E-state index contributed by atoms with van der Waals surface area (Å²) in [6.07, 6.45) is 7.08. The van der Waals surface area contributed by atoms with Gasteiger partial charge in [0.05, 0.1) is 12.0 Å². The number of ketones is 1. The van der Waals surface area contributed by atoms with Crippen LogP contribution in [0.3, 0.4) is 0 Å². The third-order valence-corrected chi connectivity index (χ3v) is 5.35. The second-order valence-corrected chi connectivity index (χ2v) is 7.30. The average molecular weight is 370 g/mol. The molecule has 1 aliphatic heterocycles. The quantitative estimate of drug-likeness (QED) is 0.395. The minimum absolute atomic E-state index is 0.0363. The number of benzene rings is 1. The van der Waals surface area contributed by atoms with E-state index in [9.17, 15) is 14.4 Å². The summed E-state index contributed by atoms with van der Waals surface area (Å²) < 4.78 is 11.1. The van der Waals surface area contributed by atoms with Gasteiger partial charge in [-0.3, -0.25) is 9.59 Å². The van der Waals surface area contributed by atoms with Gasteiger partial charge in [-0.1, -0.05) is 44.0 Å². The Labute approximate surface area is 159 Å². The summed E-state index contributed by atoms with van der Waals surface area (Å²) in [5.41, 5.74) is 0.491. The molecule has 2 fully saturated rings. The fourth-order valence-electron chi connectivity index (χ4n) is 3.92. The molecule has 0 spiro atoms. The summed E-state index contributed by atoms with van der Waals surface area (Å²) in [7, 11) is 0. The second-order valence-electron chi connectivity index (χ2n) is 7.30. The van der Waals surface area contributed by atoms with Gasteiger partial charge < -0.3 is 9.47 Å². The molecule has 1 aromatic rings. The van der Waals surface area contributed by atoms with Crippen LogP contribution in [0.5, 0.6) is 0 Å². The van der Waals surface area contributed by atoms with Crippen LogP contribution in [0.2, 0.25) is 0 Å². The summed E-state index contributed by atoms with van der Waals surface area (Å²) in [5.74, 6) is -0.745. The van der Waals surface area contributed by atoms with Crippen LogP contribution in [0.1, 0.15) is 55.8 Å². The second kappa shape index (κ2) is 8.98. The van der Waals surface area contributed by atoms with E-state index >= 15 is 0 Å². The van der Waals surface area contributed by atoms with E-state index in [0.29, 0.717) is 24.8 Å². The van der Waals surface area contributed by atoms with Crippen molar-refractivity contribution in [3.8, 4) is 0 Å². The first-order chi connectivity index (χ1) is 13.1. The third kappa shape index (κ3) is 4.85. The monoisotopic (exact) mass is 370 g/mol. The van der Waals surface area contributed by atoms with Crippen LogP contribution in [0.4, 0.5) is 0 Å². The van der Waals surface area contributed by atoms with Gasteiger partial charge in [-0.25, -0.2) is 4.79 Å². The number of fused-ring (bicyclic) bond motifs is 1. The lowest BCUT2D eigenvalue weighted by molar-refractivity contribution is -0.141. The van der Waals surface area contributed by atoms with Crippen LogP contribution in [-0.4, -0.2) is 29.9 Å². The zero-order valence-electron chi connectivity index (χ0n) is 15.6. The number of hydrogen-bond donors (Lipinski definition) is 0. The maximum Gasteiger partial charge on any atom is 0.338 e. The Morgan fingerprint density at radius 1 is 1.22 bits per heavy atom. The van der Waals surface area contributed by atoms with Gasteiger partial charge in [0.15, 0.2) is 5.78 Å². The molecule has 1 saturated carbocycles. The van der Waals surface area contributed by atoms with E-state index in [1.54, 1.807) is 30.3 Å². The molecular formula is C22H26O5. The van der Waals surface area contributed by atoms with Gasteiger partial charge in [0.25, 0.3) is 0 Å². The van der Waals surface area contributed by atoms with Crippen molar-refractivity contribution in [2.45, 2.75) is 57.7 Å². The van der Waals surface area contributed by atoms with Crippen LogP contribution in [0, 0.1) is 11.8 Å². The molecule has 144 valence electrons. The Morgan fingerprint density at radius 3 is 2.74 bits per heavy atom. The molecule has 2 aliphatic rings. The van der Waals surface area contributed by atoms with E-state index in [1.807, 2.05) is 12.1 Å². The molecule has 5 heteroatoms. The first-order valence-electron chi connectivity index (χ1n) is 9.75. The zero-order chi connectivity index (χ0) is 19.2. The van der Waals surface area contributed by atoms with Gasteiger partial charge in [-0.15, -0.1) is 0 Å². The molecule has 0 radical (unpaired) electrons. The Balaban J connectivity index is 1.67. The van der Waals surface area contributed by atoms with Gasteiger partial charge in [0.2, 0.25) is 0 Å². The predicted molar refractivity (Wildman–Crippen MR) is 100 cm³/mol. The highest BCUT2D eigenvalue weighted by Crippen LogP contribution is 2.43. The topological polar surface area (TPSA) is 69.7 Å². The summed E-state index contributed by atoms with van der Waals surface area (Å²) in [5, 5.41) is 0. The van der Waals surface area contributed by atoms with Crippen molar-refractivity contribution in [2.75, 3.05) is 0 Å². The Bertz CT molecular complexity index is 709. The normalized spacial score (nSPS) is 26.8.